The average molecular weight is 445 g/mol. The largest absolute Gasteiger partial charge is 0.481 e. The fourth-order valence-electron chi connectivity index (χ4n) is 3.32. The van der Waals surface area contributed by atoms with Crippen LogP contribution in [-0.4, -0.2) is 42.3 Å². The zero-order chi connectivity index (χ0) is 23.5. The van der Waals surface area contributed by atoms with E-state index in [0.717, 1.165) is 5.56 Å². The molecule has 4 aromatic rings. The average Bonchev–Trinajstić information content (AvgIpc) is 3.31. The van der Waals surface area contributed by atoms with Crippen molar-refractivity contribution in [3.63, 3.8) is 0 Å². The number of anilines is 1. The van der Waals surface area contributed by atoms with E-state index in [1.807, 2.05) is 24.5 Å². The summed E-state index contributed by atoms with van der Waals surface area (Å²) in [6.07, 6.45) is 4.91. The third-order valence-corrected chi connectivity index (χ3v) is 5.06. The van der Waals surface area contributed by atoms with Crippen molar-refractivity contribution < 1.29 is 9.53 Å². The number of rotatable bonds is 6. The van der Waals surface area contributed by atoms with Crippen LogP contribution in [0.25, 0.3) is 22.6 Å². The van der Waals surface area contributed by atoms with Gasteiger partial charge in [0, 0.05) is 42.7 Å². The van der Waals surface area contributed by atoms with E-state index in [9.17, 15) is 9.59 Å². The van der Waals surface area contributed by atoms with Gasteiger partial charge in [0.2, 0.25) is 5.88 Å². The number of hydrogen-bond acceptors (Lipinski definition) is 7. The topological polar surface area (TPSA) is 117 Å². The van der Waals surface area contributed by atoms with Gasteiger partial charge in [-0.2, -0.15) is 0 Å². The van der Waals surface area contributed by atoms with E-state index < -0.39 is 11.5 Å². The van der Waals surface area contributed by atoms with Gasteiger partial charge in [-0.1, -0.05) is 6.07 Å². The van der Waals surface area contributed by atoms with Gasteiger partial charge < -0.3 is 19.2 Å². The molecule has 0 unspecified atom stereocenters. The van der Waals surface area contributed by atoms with Crippen molar-refractivity contribution >= 4 is 11.7 Å². The van der Waals surface area contributed by atoms with Crippen LogP contribution in [0.2, 0.25) is 0 Å². The molecule has 10 heteroatoms. The molecule has 0 fully saturated rings. The lowest BCUT2D eigenvalue weighted by Gasteiger charge is -2.11. The molecule has 0 aliphatic rings. The van der Waals surface area contributed by atoms with Gasteiger partial charge in [-0.25, -0.2) is 9.97 Å². The van der Waals surface area contributed by atoms with E-state index in [4.69, 9.17) is 4.74 Å². The van der Waals surface area contributed by atoms with Crippen LogP contribution in [0.4, 0.5) is 5.82 Å². The second-order valence-electron chi connectivity index (χ2n) is 7.67. The Morgan fingerprint density at radius 1 is 1.15 bits per heavy atom. The minimum atomic E-state index is -0.561. The van der Waals surface area contributed by atoms with Crippen molar-refractivity contribution in [1.82, 2.24) is 29.3 Å². The van der Waals surface area contributed by atoms with Crippen LogP contribution >= 0.6 is 0 Å². The SMILES string of the molecule is COc1ccc(-c2cc(C(=O)Nc3cccc(-c4nncn4C(C)C)n3)c(=O)n(C)c2)cn1. The lowest BCUT2D eigenvalue weighted by molar-refractivity contribution is 0.102. The standard InChI is InChI=1S/C23H23N7O3/c1-14(2)30-13-25-28-21(30)18-6-5-7-19(26-18)27-22(31)17-10-16(12-29(3)23(17)32)15-8-9-20(33-4)24-11-15/h5-14H,1-4H3,(H,26,27,31). The number of nitrogens with one attached hydrogen (secondary N) is 1. The third-order valence-electron chi connectivity index (χ3n) is 5.06. The first kappa shape index (κ1) is 21.9. The summed E-state index contributed by atoms with van der Waals surface area (Å²) in [4.78, 5) is 34.4. The smallest absolute Gasteiger partial charge is 0.263 e. The van der Waals surface area contributed by atoms with Gasteiger partial charge in [0.15, 0.2) is 5.82 Å². The van der Waals surface area contributed by atoms with Crippen molar-refractivity contribution in [2.75, 3.05) is 12.4 Å². The Labute approximate surface area is 189 Å². The number of carbonyl (C=O) groups is 1. The van der Waals surface area contributed by atoms with Gasteiger partial charge in [0.05, 0.1) is 7.11 Å². The quantitative estimate of drug-likeness (QED) is 0.485. The summed E-state index contributed by atoms with van der Waals surface area (Å²) in [6.45, 7) is 4.03. The number of carbonyl (C=O) groups excluding carboxylic acids is 1. The van der Waals surface area contributed by atoms with E-state index >= 15 is 0 Å². The summed E-state index contributed by atoms with van der Waals surface area (Å²) >= 11 is 0. The number of amides is 1. The van der Waals surface area contributed by atoms with Crippen molar-refractivity contribution in [2.45, 2.75) is 19.9 Å². The zero-order valence-corrected chi connectivity index (χ0v) is 18.7. The molecule has 10 nitrogen and oxygen atoms in total. The van der Waals surface area contributed by atoms with Crippen molar-refractivity contribution in [3.8, 4) is 28.5 Å². The molecule has 0 aromatic carbocycles. The minimum absolute atomic E-state index is 0.0108. The van der Waals surface area contributed by atoms with Crippen molar-refractivity contribution in [2.24, 2.45) is 7.05 Å². The first-order chi connectivity index (χ1) is 15.9. The van der Waals surface area contributed by atoms with E-state index in [2.05, 4.69) is 25.5 Å². The first-order valence-electron chi connectivity index (χ1n) is 10.3. The molecule has 33 heavy (non-hydrogen) atoms. The van der Waals surface area contributed by atoms with Crippen LogP contribution in [0, 0.1) is 0 Å². The lowest BCUT2D eigenvalue weighted by atomic mass is 10.1. The fourth-order valence-corrected chi connectivity index (χ4v) is 3.32. The maximum atomic E-state index is 13.0. The number of ether oxygens (including phenoxy) is 1. The molecule has 0 saturated heterocycles. The number of methoxy groups -OCH3 is 1. The number of pyridine rings is 3. The Morgan fingerprint density at radius 2 is 1.97 bits per heavy atom. The summed E-state index contributed by atoms with van der Waals surface area (Å²) in [7, 11) is 3.13. The van der Waals surface area contributed by atoms with Crippen LogP contribution in [0.3, 0.4) is 0 Å². The number of aromatic nitrogens is 6. The van der Waals surface area contributed by atoms with E-state index in [-0.39, 0.29) is 11.6 Å². The highest BCUT2D eigenvalue weighted by Gasteiger charge is 2.17. The van der Waals surface area contributed by atoms with Crippen molar-refractivity contribution in [3.05, 3.63) is 71.0 Å². The maximum Gasteiger partial charge on any atom is 0.263 e. The van der Waals surface area contributed by atoms with Gasteiger partial charge >= 0.3 is 0 Å². The molecule has 0 radical (unpaired) electrons. The highest BCUT2D eigenvalue weighted by Crippen LogP contribution is 2.22. The molecule has 0 aliphatic carbocycles. The van der Waals surface area contributed by atoms with Crippen LogP contribution in [-0.2, 0) is 7.05 Å². The van der Waals surface area contributed by atoms with Crippen molar-refractivity contribution in [1.29, 1.82) is 0 Å². The molecule has 1 N–H and O–H groups in total. The molecule has 4 heterocycles. The monoisotopic (exact) mass is 445 g/mol. The van der Waals surface area contributed by atoms with Gasteiger partial charge in [0.1, 0.15) is 23.4 Å². The molecule has 0 aliphatic heterocycles. The molecule has 0 spiro atoms. The summed E-state index contributed by atoms with van der Waals surface area (Å²) < 4.78 is 8.34. The van der Waals surface area contributed by atoms with Crippen LogP contribution in [0.1, 0.15) is 30.2 Å². The summed E-state index contributed by atoms with van der Waals surface area (Å²) in [5, 5.41) is 10.8. The molecule has 0 saturated carbocycles. The predicted molar refractivity (Wildman–Crippen MR) is 123 cm³/mol. The second kappa shape index (κ2) is 9.03. The Kier molecular flexibility index (Phi) is 5.99. The molecule has 168 valence electrons. The molecule has 1 amide bonds. The van der Waals surface area contributed by atoms with Crippen LogP contribution < -0.4 is 15.6 Å². The Hall–Kier alpha value is -4.34. The van der Waals surface area contributed by atoms with E-state index in [1.165, 1.54) is 11.7 Å². The Bertz CT molecular complexity index is 1360. The summed E-state index contributed by atoms with van der Waals surface area (Å²) in [6, 6.07) is 10.4. The molecule has 0 bridgehead atoms. The lowest BCUT2D eigenvalue weighted by Crippen LogP contribution is -2.27. The van der Waals surface area contributed by atoms with Gasteiger partial charge in [-0.05, 0) is 38.1 Å². The maximum absolute atomic E-state index is 13.0. The second-order valence-corrected chi connectivity index (χ2v) is 7.67. The van der Waals surface area contributed by atoms with E-state index in [1.54, 1.807) is 56.1 Å². The molecular weight excluding hydrogens is 422 g/mol. The predicted octanol–water partition coefficient (Wildman–Crippen LogP) is 2.94. The first-order valence-corrected chi connectivity index (χ1v) is 10.3. The highest BCUT2D eigenvalue weighted by molar-refractivity contribution is 6.04. The molecular formula is C23H23N7O3. The fraction of sp³-hybridized carbons (Fsp3) is 0.217. The zero-order valence-electron chi connectivity index (χ0n) is 18.7. The van der Waals surface area contributed by atoms with Gasteiger partial charge in [-0.3, -0.25) is 9.59 Å². The number of hydrogen-bond donors (Lipinski definition) is 1. The summed E-state index contributed by atoms with van der Waals surface area (Å²) in [5.74, 6) is 0.801. The molecule has 0 atom stereocenters. The third kappa shape index (κ3) is 4.49. The molecule has 4 rings (SSSR count). The molecule has 4 aromatic heterocycles. The minimum Gasteiger partial charge on any atom is -0.481 e. The van der Waals surface area contributed by atoms with Gasteiger partial charge in [0.25, 0.3) is 11.5 Å². The van der Waals surface area contributed by atoms with E-state index in [0.29, 0.717) is 28.8 Å². The van der Waals surface area contributed by atoms with Crippen LogP contribution in [0.15, 0.2) is 59.9 Å². The normalized spacial score (nSPS) is 10.9. The Morgan fingerprint density at radius 3 is 2.67 bits per heavy atom. The highest BCUT2D eigenvalue weighted by atomic mass is 16.5. The van der Waals surface area contributed by atoms with Crippen LogP contribution in [0.5, 0.6) is 5.88 Å². The number of nitrogens with zero attached hydrogens (tertiary/aromatic N) is 6. The Balaban J connectivity index is 1.64. The number of aryl methyl sites for hydroxylation is 1. The van der Waals surface area contributed by atoms with Gasteiger partial charge in [-0.15, -0.1) is 10.2 Å². The summed E-state index contributed by atoms with van der Waals surface area (Å²) in [5.41, 5.74) is 1.54.